The summed E-state index contributed by atoms with van der Waals surface area (Å²) in [5, 5.41) is 0.166. The van der Waals surface area contributed by atoms with Crippen LogP contribution < -0.4 is 5.56 Å². The van der Waals surface area contributed by atoms with Gasteiger partial charge in [0.2, 0.25) is 0 Å². The van der Waals surface area contributed by atoms with Crippen LogP contribution in [0.25, 0.3) is 28.7 Å². The van der Waals surface area contributed by atoms with Gasteiger partial charge < -0.3 is 0 Å². The van der Waals surface area contributed by atoms with Crippen LogP contribution in [0.3, 0.4) is 0 Å². The number of aromatic nitrogens is 3. The summed E-state index contributed by atoms with van der Waals surface area (Å²) >= 11 is 0. The van der Waals surface area contributed by atoms with Crippen LogP contribution in [-0.2, 0) is 6.54 Å². The van der Waals surface area contributed by atoms with E-state index in [1.165, 1.54) is 41.7 Å². The molecule has 2 aromatic carbocycles. The molecule has 1 fully saturated rings. The topological polar surface area (TPSA) is 51.0 Å². The monoisotopic (exact) mass is 458 g/mol. The molecule has 0 bridgehead atoms. The predicted molar refractivity (Wildman–Crippen MR) is 130 cm³/mol. The second-order valence-corrected chi connectivity index (χ2v) is 8.55. The Morgan fingerprint density at radius 2 is 1.85 bits per heavy atom. The number of hydrogen-bond donors (Lipinski definition) is 0. The van der Waals surface area contributed by atoms with E-state index in [0.29, 0.717) is 28.3 Å². The lowest BCUT2D eigenvalue weighted by atomic mass is 10.1. The van der Waals surface area contributed by atoms with E-state index in [1.54, 1.807) is 37.4 Å². The zero-order chi connectivity index (χ0) is 23.7. The smallest absolute Gasteiger partial charge is 0.266 e. The lowest BCUT2D eigenvalue weighted by Gasteiger charge is -2.15. The predicted octanol–water partition coefficient (Wildman–Crippen LogP) is 5.13. The van der Waals surface area contributed by atoms with Gasteiger partial charge in [-0.3, -0.25) is 19.2 Å². The van der Waals surface area contributed by atoms with E-state index in [-0.39, 0.29) is 11.2 Å². The zero-order valence-electron chi connectivity index (χ0n) is 18.8. The van der Waals surface area contributed by atoms with Crippen LogP contribution >= 0.6 is 0 Å². The van der Waals surface area contributed by atoms with Gasteiger partial charge in [0.15, 0.2) is 0 Å². The van der Waals surface area contributed by atoms with E-state index >= 15 is 0 Å². The van der Waals surface area contributed by atoms with Gasteiger partial charge in [-0.05, 0) is 93.0 Å². The van der Waals surface area contributed by atoms with Crippen LogP contribution in [0.1, 0.15) is 35.5 Å². The summed E-state index contributed by atoms with van der Waals surface area (Å²) in [6.45, 7) is 4.68. The minimum atomic E-state index is -0.513. The number of pyridine rings is 1. The Kier molecular flexibility index (Phi) is 6.02. The number of hydrogen-bond acceptors (Lipinski definition) is 4. The molecule has 0 spiro atoms. The van der Waals surface area contributed by atoms with Crippen molar-refractivity contribution >= 4 is 23.1 Å². The highest BCUT2D eigenvalue weighted by molar-refractivity contribution is 5.80. The van der Waals surface area contributed by atoms with Crippen molar-refractivity contribution < 1.29 is 8.78 Å². The second-order valence-electron chi connectivity index (χ2n) is 8.55. The minimum absolute atomic E-state index is 0.166. The van der Waals surface area contributed by atoms with E-state index in [9.17, 15) is 13.6 Å². The lowest BCUT2D eigenvalue weighted by Crippen LogP contribution is -2.23. The number of halogens is 2. The van der Waals surface area contributed by atoms with E-state index in [4.69, 9.17) is 0 Å². The normalized spacial score (nSPS) is 14.4. The van der Waals surface area contributed by atoms with Crippen molar-refractivity contribution in [2.45, 2.75) is 26.3 Å². The summed E-state index contributed by atoms with van der Waals surface area (Å²) in [7, 11) is 0. The second kappa shape index (κ2) is 9.27. The van der Waals surface area contributed by atoms with Crippen LogP contribution in [0.2, 0.25) is 0 Å². The van der Waals surface area contributed by atoms with Crippen LogP contribution in [0.5, 0.6) is 0 Å². The third-order valence-electron chi connectivity index (χ3n) is 6.15. The molecule has 34 heavy (non-hydrogen) atoms. The highest BCUT2D eigenvalue weighted by Gasteiger charge is 2.15. The Morgan fingerprint density at radius 3 is 2.65 bits per heavy atom. The molecule has 0 N–H and O–H groups in total. The van der Waals surface area contributed by atoms with Gasteiger partial charge in [0.25, 0.3) is 5.56 Å². The average Bonchev–Trinajstić information content (AvgIpc) is 3.34. The molecule has 0 aliphatic carbocycles. The number of benzene rings is 2. The fraction of sp³-hybridized carbons (Fsp3) is 0.222. The molecule has 5 nitrogen and oxygen atoms in total. The molecular formula is C27H24F2N4O. The summed E-state index contributed by atoms with van der Waals surface area (Å²) in [4.78, 5) is 24.6. The van der Waals surface area contributed by atoms with Crippen molar-refractivity contribution in [3.8, 4) is 5.69 Å². The number of rotatable bonds is 5. The Balaban J connectivity index is 1.61. The third-order valence-corrected chi connectivity index (χ3v) is 6.15. The van der Waals surface area contributed by atoms with E-state index in [0.717, 1.165) is 25.2 Å². The van der Waals surface area contributed by atoms with E-state index in [1.807, 2.05) is 12.1 Å². The molecule has 0 amide bonds. The zero-order valence-corrected chi connectivity index (χ0v) is 18.8. The Morgan fingerprint density at radius 1 is 1.03 bits per heavy atom. The van der Waals surface area contributed by atoms with Crippen molar-refractivity contribution in [2.24, 2.45) is 0 Å². The molecule has 0 saturated carbocycles. The van der Waals surface area contributed by atoms with Gasteiger partial charge >= 0.3 is 0 Å². The van der Waals surface area contributed by atoms with Crippen molar-refractivity contribution in [3.05, 3.63) is 99.4 Å². The first-order valence-electron chi connectivity index (χ1n) is 11.3. The highest BCUT2D eigenvalue weighted by atomic mass is 19.1. The first kappa shape index (κ1) is 22.1. The summed E-state index contributed by atoms with van der Waals surface area (Å²) < 4.78 is 29.9. The molecule has 0 radical (unpaired) electrons. The summed E-state index contributed by atoms with van der Waals surface area (Å²) in [6.07, 6.45) is 7.26. The highest BCUT2D eigenvalue weighted by Crippen LogP contribution is 2.20. The quantitative estimate of drug-likeness (QED) is 0.416. The largest absolute Gasteiger partial charge is 0.299 e. The molecule has 3 heterocycles. The van der Waals surface area contributed by atoms with Gasteiger partial charge in [-0.2, -0.15) is 0 Å². The van der Waals surface area contributed by atoms with E-state index < -0.39 is 11.4 Å². The maximum absolute atomic E-state index is 14.6. The van der Waals surface area contributed by atoms with Gasteiger partial charge in [0.05, 0.1) is 22.3 Å². The van der Waals surface area contributed by atoms with E-state index in [2.05, 4.69) is 14.9 Å². The molecule has 1 aliphatic rings. The van der Waals surface area contributed by atoms with Crippen LogP contribution in [0, 0.1) is 18.6 Å². The van der Waals surface area contributed by atoms with Crippen LogP contribution in [-0.4, -0.2) is 32.5 Å². The fourth-order valence-corrected chi connectivity index (χ4v) is 4.41. The molecule has 1 saturated heterocycles. The van der Waals surface area contributed by atoms with Gasteiger partial charge in [-0.1, -0.05) is 6.07 Å². The van der Waals surface area contributed by atoms with Gasteiger partial charge in [0, 0.05) is 18.3 Å². The average molecular weight is 459 g/mol. The van der Waals surface area contributed by atoms with Crippen molar-refractivity contribution in [3.63, 3.8) is 0 Å². The number of likely N-dealkylation sites (tertiary alicyclic amines) is 1. The molecule has 1 aliphatic heterocycles. The Bertz CT molecular complexity index is 1460. The molecule has 0 atom stereocenters. The molecule has 2 aromatic heterocycles. The Labute approximate surface area is 196 Å². The summed E-state index contributed by atoms with van der Waals surface area (Å²) in [6, 6.07) is 12.5. The standard InChI is InChI=1S/C27H24F2N4O/c1-18-25(5-4-12-30-18)33-26(31-24-10-8-21(28)16-22(24)27(33)34)11-7-20-15-19(6-9-23(20)29)17-32-13-2-3-14-32/h4-12,15-16H,2-3,13-14,17H2,1H3/b11-7+. The van der Waals surface area contributed by atoms with Crippen LogP contribution in [0.4, 0.5) is 8.78 Å². The van der Waals surface area contributed by atoms with Crippen molar-refractivity contribution in [1.29, 1.82) is 0 Å². The summed E-state index contributed by atoms with van der Waals surface area (Å²) in [5.41, 5.74) is 2.56. The molecular weight excluding hydrogens is 434 g/mol. The maximum Gasteiger partial charge on any atom is 0.266 e. The van der Waals surface area contributed by atoms with Gasteiger partial charge in [-0.25, -0.2) is 13.8 Å². The van der Waals surface area contributed by atoms with Crippen molar-refractivity contribution in [2.75, 3.05) is 13.1 Å². The van der Waals surface area contributed by atoms with Crippen molar-refractivity contribution in [1.82, 2.24) is 19.4 Å². The maximum atomic E-state index is 14.6. The minimum Gasteiger partial charge on any atom is -0.299 e. The third kappa shape index (κ3) is 4.39. The number of fused-ring (bicyclic) bond motifs is 1. The first-order chi connectivity index (χ1) is 16.5. The number of nitrogens with zero attached hydrogens (tertiary/aromatic N) is 4. The SMILES string of the molecule is Cc1ncccc1-n1c(/C=C/c2cc(CN3CCCC3)ccc2F)nc2ccc(F)cc2c1=O. The first-order valence-corrected chi connectivity index (χ1v) is 11.3. The van der Waals surface area contributed by atoms with Crippen LogP contribution in [0.15, 0.2) is 59.5 Å². The summed E-state index contributed by atoms with van der Waals surface area (Å²) in [5.74, 6) is -0.554. The number of aryl methyl sites for hydroxylation is 1. The molecule has 0 unspecified atom stereocenters. The molecule has 7 heteroatoms. The molecule has 5 rings (SSSR count). The molecule has 4 aromatic rings. The van der Waals surface area contributed by atoms with Gasteiger partial charge in [0.1, 0.15) is 17.5 Å². The lowest BCUT2D eigenvalue weighted by molar-refractivity contribution is 0.331. The van der Waals surface area contributed by atoms with Gasteiger partial charge in [-0.15, -0.1) is 0 Å². The Hall–Kier alpha value is -3.71. The molecule has 172 valence electrons. The fourth-order valence-electron chi connectivity index (χ4n) is 4.41.